The molecule has 0 N–H and O–H groups in total. The summed E-state index contributed by atoms with van der Waals surface area (Å²) in [5, 5.41) is 1.96. The number of fused-ring (bicyclic) bond motifs is 1. The molecule has 1 fully saturated rings. The number of imidazole rings is 1. The van der Waals surface area contributed by atoms with Crippen molar-refractivity contribution in [2.45, 2.75) is 19.3 Å². The molecule has 0 unspecified atom stereocenters. The molecule has 2 aromatic heterocycles. The van der Waals surface area contributed by atoms with Crippen LogP contribution in [0.25, 0.3) is 4.96 Å². The normalized spacial score (nSPS) is 18.9. The lowest BCUT2D eigenvalue weighted by Gasteiger charge is -2.31. The largest absolute Gasteiger partial charge is 0.469 e. The highest BCUT2D eigenvalue weighted by atomic mass is 32.1. The highest BCUT2D eigenvalue weighted by Crippen LogP contribution is 2.19. The molecule has 0 aromatic carbocycles. The summed E-state index contributed by atoms with van der Waals surface area (Å²) in [7, 11) is 1.39. The first-order chi connectivity index (χ1) is 10.2. The number of methoxy groups -OCH3 is 1. The molecule has 1 aliphatic heterocycles. The van der Waals surface area contributed by atoms with E-state index < -0.39 is 0 Å². The van der Waals surface area contributed by atoms with Crippen molar-refractivity contribution in [2.24, 2.45) is 5.92 Å². The molecular formula is C14H17N3O3S. The molecule has 3 heterocycles. The first kappa shape index (κ1) is 14.1. The van der Waals surface area contributed by atoms with Gasteiger partial charge in [0.2, 0.25) is 5.91 Å². The van der Waals surface area contributed by atoms with E-state index in [4.69, 9.17) is 4.74 Å². The standard InChI is InChI=1S/C14H17N3O3S/c1-20-13(19)10-3-2-4-16(8-10)12(18)7-11-9-17-5-6-21-14(17)15-11/h5-6,9-10H,2-4,7-8H2,1H3/t10-/m0/s1. The van der Waals surface area contributed by atoms with Crippen LogP contribution in [0.1, 0.15) is 18.5 Å². The van der Waals surface area contributed by atoms with Gasteiger partial charge in [-0.05, 0) is 12.8 Å². The maximum atomic E-state index is 12.4. The van der Waals surface area contributed by atoms with E-state index in [-0.39, 0.29) is 24.2 Å². The van der Waals surface area contributed by atoms with Gasteiger partial charge in [0.1, 0.15) is 0 Å². The lowest BCUT2D eigenvalue weighted by Crippen LogP contribution is -2.43. The average Bonchev–Trinajstić information content (AvgIpc) is 3.07. The first-order valence-electron chi connectivity index (χ1n) is 6.94. The summed E-state index contributed by atoms with van der Waals surface area (Å²) >= 11 is 1.54. The Kier molecular flexibility index (Phi) is 3.92. The Balaban J connectivity index is 1.64. The molecule has 1 saturated heterocycles. The minimum Gasteiger partial charge on any atom is -0.469 e. The Morgan fingerprint density at radius 1 is 1.52 bits per heavy atom. The monoisotopic (exact) mass is 307 g/mol. The molecule has 3 rings (SSSR count). The SMILES string of the molecule is COC(=O)[C@H]1CCCN(C(=O)Cc2cn3ccsc3n2)C1. The van der Waals surface area contributed by atoms with Crippen LogP contribution in [0.15, 0.2) is 17.8 Å². The first-order valence-corrected chi connectivity index (χ1v) is 7.82. The summed E-state index contributed by atoms with van der Waals surface area (Å²) in [4.78, 5) is 31.0. The number of ether oxygens (including phenoxy) is 1. The van der Waals surface area contributed by atoms with Gasteiger partial charge in [0.05, 0.1) is 25.1 Å². The van der Waals surface area contributed by atoms with Crippen LogP contribution < -0.4 is 0 Å². The molecule has 0 spiro atoms. The van der Waals surface area contributed by atoms with E-state index in [0.717, 1.165) is 23.5 Å². The third-order valence-electron chi connectivity index (χ3n) is 3.78. The van der Waals surface area contributed by atoms with Crippen LogP contribution in [0, 0.1) is 5.92 Å². The molecule has 1 atom stereocenters. The molecule has 21 heavy (non-hydrogen) atoms. The van der Waals surface area contributed by atoms with E-state index >= 15 is 0 Å². The van der Waals surface area contributed by atoms with Crippen molar-refractivity contribution in [1.82, 2.24) is 14.3 Å². The third-order valence-corrected chi connectivity index (χ3v) is 4.55. The Morgan fingerprint density at radius 2 is 2.38 bits per heavy atom. The number of hydrogen-bond donors (Lipinski definition) is 0. The minimum absolute atomic E-state index is 0.0226. The highest BCUT2D eigenvalue weighted by molar-refractivity contribution is 7.15. The number of nitrogens with zero attached hydrogens (tertiary/aromatic N) is 3. The van der Waals surface area contributed by atoms with Gasteiger partial charge in [-0.2, -0.15) is 0 Å². The summed E-state index contributed by atoms with van der Waals surface area (Å²) in [5.74, 6) is -0.400. The smallest absolute Gasteiger partial charge is 0.310 e. The quantitative estimate of drug-likeness (QED) is 0.803. The van der Waals surface area contributed by atoms with Crippen LogP contribution in [-0.2, 0) is 20.7 Å². The van der Waals surface area contributed by atoms with E-state index in [1.165, 1.54) is 7.11 Å². The molecule has 112 valence electrons. The van der Waals surface area contributed by atoms with E-state index in [9.17, 15) is 9.59 Å². The van der Waals surface area contributed by atoms with Crippen molar-refractivity contribution in [3.8, 4) is 0 Å². The van der Waals surface area contributed by atoms with Crippen molar-refractivity contribution in [3.05, 3.63) is 23.5 Å². The van der Waals surface area contributed by atoms with Crippen molar-refractivity contribution in [2.75, 3.05) is 20.2 Å². The number of carbonyl (C=O) groups is 2. The molecule has 6 nitrogen and oxygen atoms in total. The molecule has 2 aromatic rings. The van der Waals surface area contributed by atoms with Gasteiger partial charge >= 0.3 is 5.97 Å². The molecule has 1 amide bonds. The summed E-state index contributed by atoms with van der Waals surface area (Å²) in [6.45, 7) is 1.16. The third kappa shape index (κ3) is 2.92. The number of carbonyl (C=O) groups excluding carboxylic acids is 2. The van der Waals surface area contributed by atoms with Crippen molar-refractivity contribution in [3.63, 3.8) is 0 Å². The van der Waals surface area contributed by atoms with E-state index in [2.05, 4.69) is 4.98 Å². The molecule has 0 bridgehead atoms. The van der Waals surface area contributed by atoms with Crippen molar-refractivity contribution in [1.29, 1.82) is 0 Å². The number of amides is 1. The Bertz CT molecular complexity index is 635. The molecule has 0 radical (unpaired) electrons. The number of thiazole rings is 1. The maximum Gasteiger partial charge on any atom is 0.310 e. The minimum atomic E-state index is -0.227. The summed E-state index contributed by atoms with van der Waals surface area (Å²) in [5.41, 5.74) is 0.770. The van der Waals surface area contributed by atoms with Gasteiger partial charge < -0.3 is 9.64 Å². The molecule has 0 saturated carbocycles. The molecular weight excluding hydrogens is 290 g/mol. The van der Waals surface area contributed by atoms with Gasteiger partial charge in [-0.3, -0.25) is 14.0 Å². The second kappa shape index (κ2) is 5.85. The summed E-state index contributed by atoms with van der Waals surface area (Å²) in [6.07, 6.45) is 5.71. The number of rotatable bonds is 3. The number of piperidine rings is 1. The lowest BCUT2D eigenvalue weighted by molar-refractivity contribution is -0.148. The van der Waals surface area contributed by atoms with Crippen LogP contribution >= 0.6 is 11.3 Å². The topological polar surface area (TPSA) is 63.9 Å². The summed E-state index contributed by atoms with van der Waals surface area (Å²) in [6, 6.07) is 0. The van der Waals surface area contributed by atoms with Gasteiger partial charge in [-0.25, -0.2) is 4.98 Å². The van der Waals surface area contributed by atoms with Gasteiger partial charge in [-0.15, -0.1) is 11.3 Å². The predicted molar refractivity (Wildman–Crippen MR) is 78.1 cm³/mol. The molecule has 1 aliphatic rings. The Labute approximate surface area is 126 Å². The number of aromatic nitrogens is 2. The van der Waals surface area contributed by atoms with Crippen molar-refractivity contribution >= 4 is 28.2 Å². The highest BCUT2D eigenvalue weighted by Gasteiger charge is 2.29. The number of likely N-dealkylation sites (tertiary alicyclic amines) is 1. The van der Waals surface area contributed by atoms with E-state index in [1.807, 2.05) is 22.2 Å². The van der Waals surface area contributed by atoms with Gasteiger partial charge in [0, 0.05) is 30.9 Å². The van der Waals surface area contributed by atoms with Gasteiger partial charge in [0.15, 0.2) is 4.96 Å². The van der Waals surface area contributed by atoms with Crippen LogP contribution in [0.4, 0.5) is 0 Å². The zero-order chi connectivity index (χ0) is 14.8. The Hall–Kier alpha value is -1.89. The lowest BCUT2D eigenvalue weighted by atomic mass is 9.98. The van der Waals surface area contributed by atoms with E-state index in [0.29, 0.717) is 13.1 Å². The average molecular weight is 307 g/mol. The maximum absolute atomic E-state index is 12.4. The van der Waals surface area contributed by atoms with Gasteiger partial charge in [0.25, 0.3) is 0 Å². The fourth-order valence-corrected chi connectivity index (χ4v) is 3.41. The van der Waals surface area contributed by atoms with Crippen LogP contribution in [0.2, 0.25) is 0 Å². The zero-order valence-electron chi connectivity index (χ0n) is 11.8. The van der Waals surface area contributed by atoms with Gasteiger partial charge in [-0.1, -0.05) is 0 Å². The van der Waals surface area contributed by atoms with Crippen LogP contribution in [0.5, 0.6) is 0 Å². The second-order valence-electron chi connectivity index (χ2n) is 5.20. The van der Waals surface area contributed by atoms with E-state index in [1.54, 1.807) is 16.2 Å². The molecule has 7 heteroatoms. The fraction of sp³-hybridized carbons (Fsp3) is 0.500. The zero-order valence-corrected chi connectivity index (χ0v) is 12.6. The second-order valence-corrected chi connectivity index (χ2v) is 6.08. The van der Waals surface area contributed by atoms with Crippen LogP contribution in [0.3, 0.4) is 0 Å². The Morgan fingerprint density at radius 3 is 3.14 bits per heavy atom. The molecule has 0 aliphatic carbocycles. The van der Waals surface area contributed by atoms with Crippen LogP contribution in [-0.4, -0.2) is 46.4 Å². The number of hydrogen-bond acceptors (Lipinski definition) is 5. The fourth-order valence-electron chi connectivity index (χ4n) is 2.69. The van der Waals surface area contributed by atoms with Crippen molar-refractivity contribution < 1.29 is 14.3 Å². The number of esters is 1. The predicted octanol–water partition coefficient (Wildman–Crippen LogP) is 1.35. The summed E-state index contributed by atoms with van der Waals surface area (Å²) < 4.78 is 6.69.